The van der Waals surface area contributed by atoms with Gasteiger partial charge in [0.2, 0.25) is 0 Å². The van der Waals surface area contributed by atoms with Crippen LogP contribution in [0.4, 0.5) is 4.79 Å². The summed E-state index contributed by atoms with van der Waals surface area (Å²) in [5.41, 5.74) is 1.45. The van der Waals surface area contributed by atoms with E-state index < -0.39 is 5.60 Å². The highest BCUT2D eigenvalue weighted by atomic mass is 16.6. The first-order valence-corrected chi connectivity index (χ1v) is 9.22. The molecule has 26 heavy (non-hydrogen) atoms. The minimum absolute atomic E-state index is 0.0609. The molecular weight excluding hydrogens is 330 g/mol. The fourth-order valence-electron chi connectivity index (χ4n) is 2.81. The molecule has 1 amide bonds. The maximum Gasteiger partial charge on any atom is 0.407 e. The highest BCUT2D eigenvalue weighted by molar-refractivity contribution is 5.80. The number of amides is 1. The highest BCUT2D eigenvalue weighted by Gasteiger charge is 2.27. The quantitative estimate of drug-likeness (QED) is 0.636. The third kappa shape index (κ3) is 6.54. The average Bonchev–Trinajstić information content (AvgIpc) is 2.97. The van der Waals surface area contributed by atoms with Gasteiger partial charge in [-0.2, -0.15) is 0 Å². The Kier molecular flexibility index (Phi) is 6.83. The number of aliphatic imine (C=N–C) groups is 1. The normalized spacial score (nSPS) is 18.0. The van der Waals surface area contributed by atoms with E-state index in [9.17, 15) is 4.79 Å². The zero-order valence-electron chi connectivity index (χ0n) is 16.5. The second kappa shape index (κ2) is 8.87. The Hall–Kier alpha value is -2.31. The number of aromatic nitrogens is 1. The van der Waals surface area contributed by atoms with Gasteiger partial charge >= 0.3 is 6.09 Å². The number of nitrogens with one attached hydrogen (secondary N) is 2. The largest absolute Gasteiger partial charge is 0.444 e. The van der Waals surface area contributed by atoms with Crippen LogP contribution in [0, 0.1) is 6.92 Å². The molecule has 0 radical (unpaired) electrons. The average molecular weight is 361 g/mol. The molecule has 1 fully saturated rings. The van der Waals surface area contributed by atoms with Gasteiger partial charge in [-0.3, -0.25) is 4.98 Å². The Balaban J connectivity index is 1.94. The SMILES string of the molecule is CCNC(=NCc1cccc(C)n1)N1CCC(NC(=O)OC(C)(C)C)C1. The number of carbonyl (C=O) groups is 1. The molecule has 1 aliphatic heterocycles. The predicted molar refractivity (Wildman–Crippen MR) is 103 cm³/mol. The van der Waals surface area contributed by atoms with Gasteiger partial charge in [-0.05, 0) is 53.2 Å². The van der Waals surface area contributed by atoms with Crippen molar-refractivity contribution in [1.82, 2.24) is 20.5 Å². The summed E-state index contributed by atoms with van der Waals surface area (Å²) in [5.74, 6) is 0.851. The number of likely N-dealkylation sites (tertiary alicyclic amines) is 1. The van der Waals surface area contributed by atoms with Crippen molar-refractivity contribution in [2.75, 3.05) is 19.6 Å². The number of aryl methyl sites for hydroxylation is 1. The monoisotopic (exact) mass is 361 g/mol. The summed E-state index contributed by atoms with van der Waals surface area (Å²) in [5, 5.41) is 6.27. The molecule has 0 aliphatic carbocycles. The molecule has 7 heteroatoms. The summed E-state index contributed by atoms with van der Waals surface area (Å²) in [7, 11) is 0. The van der Waals surface area contributed by atoms with E-state index in [1.165, 1.54) is 0 Å². The summed E-state index contributed by atoms with van der Waals surface area (Å²) in [6.07, 6.45) is 0.502. The van der Waals surface area contributed by atoms with Gasteiger partial charge in [0, 0.05) is 25.3 Å². The van der Waals surface area contributed by atoms with Gasteiger partial charge in [-0.25, -0.2) is 9.79 Å². The van der Waals surface area contributed by atoms with Crippen molar-refractivity contribution in [3.63, 3.8) is 0 Å². The molecular formula is C19H31N5O2. The van der Waals surface area contributed by atoms with E-state index in [0.29, 0.717) is 13.1 Å². The molecule has 2 N–H and O–H groups in total. The first-order valence-electron chi connectivity index (χ1n) is 9.22. The van der Waals surface area contributed by atoms with Crippen molar-refractivity contribution in [2.45, 2.75) is 59.2 Å². The Labute approximate surface area is 156 Å². The minimum Gasteiger partial charge on any atom is -0.444 e. The molecule has 1 atom stereocenters. The van der Waals surface area contributed by atoms with E-state index in [-0.39, 0.29) is 12.1 Å². The minimum atomic E-state index is -0.487. The third-order valence-corrected chi connectivity index (χ3v) is 3.88. The fourth-order valence-corrected chi connectivity index (χ4v) is 2.81. The molecule has 1 saturated heterocycles. The Morgan fingerprint density at radius 1 is 1.42 bits per heavy atom. The number of ether oxygens (including phenoxy) is 1. The molecule has 0 saturated carbocycles. The molecule has 0 spiro atoms. The zero-order chi connectivity index (χ0) is 19.2. The van der Waals surface area contributed by atoms with Crippen LogP contribution in [0.3, 0.4) is 0 Å². The number of hydrogen-bond acceptors (Lipinski definition) is 4. The van der Waals surface area contributed by atoms with Crippen LogP contribution in [0.25, 0.3) is 0 Å². The van der Waals surface area contributed by atoms with Gasteiger partial charge in [-0.1, -0.05) is 6.07 Å². The van der Waals surface area contributed by atoms with E-state index in [4.69, 9.17) is 9.73 Å². The van der Waals surface area contributed by atoms with Crippen molar-refractivity contribution in [3.8, 4) is 0 Å². The van der Waals surface area contributed by atoms with Crippen LogP contribution in [0.1, 0.15) is 45.5 Å². The van der Waals surface area contributed by atoms with Crippen LogP contribution in [0.15, 0.2) is 23.2 Å². The number of guanidine groups is 1. The standard InChI is InChI=1S/C19H31N5O2/c1-6-20-17(21-12-15-9-7-8-14(2)22-15)24-11-10-16(13-24)23-18(25)26-19(3,4)5/h7-9,16H,6,10-13H2,1-5H3,(H,20,21)(H,23,25). The van der Waals surface area contributed by atoms with Gasteiger partial charge in [0.15, 0.2) is 5.96 Å². The van der Waals surface area contributed by atoms with E-state index in [1.807, 2.05) is 52.8 Å². The van der Waals surface area contributed by atoms with Crippen molar-refractivity contribution < 1.29 is 9.53 Å². The summed E-state index contributed by atoms with van der Waals surface area (Å²) >= 11 is 0. The zero-order valence-corrected chi connectivity index (χ0v) is 16.5. The number of alkyl carbamates (subject to hydrolysis) is 1. The van der Waals surface area contributed by atoms with E-state index >= 15 is 0 Å². The second-order valence-electron chi connectivity index (χ2n) is 7.52. The molecule has 2 rings (SSSR count). The maximum atomic E-state index is 12.0. The number of pyridine rings is 1. The first kappa shape index (κ1) is 20.0. The first-order chi connectivity index (χ1) is 12.3. The summed E-state index contributed by atoms with van der Waals surface area (Å²) in [4.78, 5) is 23.3. The van der Waals surface area contributed by atoms with E-state index in [1.54, 1.807) is 0 Å². The lowest BCUT2D eigenvalue weighted by Gasteiger charge is -2.23. The Morgan fingerprint density at radius 2 is 2.19 bits per heavy atom. The molecule has 2 heterocycles. The lowest BCUT2D eigenvalue weighted by Crippen LogP contribution is -2.44. The predicted octanol–water partition coefficient (Wildman–Crippen LogP) is 2.45. The van der Waals surface area contributed by atoms with Crippen LogP contribution in [0.2, 0.25) is 0 Å². The summed E-state index contributed by atoms with van der Waals surface area (Å²) < 4.78 is 5.34. The summed E-state index contributed by atoms with van der Waals surface area (Å²) in [6.45, 7) is 12.5. The number of carbonyl (C=O) groups excluding carboxylic acids is 1. The van der Waals surface area contributed by atoms with Crippen LogP contribution in [0.5, 0.6) is 0 Å². The molecule has 1 unspecified atom stereocenters. The van der Waals surface area contributed by atoms with E-state index in [0.717, 1.165) is 36.9 Å². The number of hydrogen-bond donors (Lipinski definition) is 2. The van der Waals surface area contributed by atoms with Crippen LogP contribution in [-0.4, -0.2) is 53.2 Å². The Bertz CT molecular complexity index is 639. The van der Waals surface area contributed by atoms with Gasteiger partial charge < -0.3 is 20.3 Å². The number of rotatable bonds is 4. The number of nitrogens with zero attached hydrogens (tertiary/aromatic N) is 3. The van der Waals surface area contributed by atoms with Crippen molar-refractivity contribution in [1.29, 1.82) is 0 Å². The van der Waals surface area contributed by atoms with Gasteiger partial charge in [0.1, 0.15) is 5.60 Å². The Morgan fingerprint density at radius 3 is 2.85 bits per heavy atom. The molecule has 7 nitrogen and oxygen atoms in total. The topological polar surface area (TPSA) is 78.9 Å². The molecule has 0 bridgehead atoms. The lowest BCUT2D eigenvalue weighted by molar-refractivity contribution is 0.0507. The van der Waals surface area contributed by atoms with Gasteiger partial charge in [0.25, 0.3) is 0 Å². The van der Waals surface area contributed by atoms with E-state index in [2.05, 4.69) is 20.5 Å². The van der Waals surface area contributed by atoms with Gasteiger partial charge in [-0.15, -0.1) is 0 Å². The smallest absolute Gasteiger partial charge is 0.407 e. The van der Waals surface area contributed by atoms with Crippen molar-refractivity contribution in [3.05, 3.63) is 29.6 Å². The second-order valence-corrected chi connectivity index (χ2v) is 7.52. The van der Waals surface area contributed by atoms with Crippen molar-refractivity contribution >= 4 is 12.1 Å². The molecule has 1 aromatic heterocycles. The lowest BCUT2D eigenvalue weighted by atomic mass is 10.2. The molecule has 144 valence electrons. The van der Waals surface area contributed by atoms with Crippen LogP contribution in [-0.2, 0) is 11.3 Å². The molecule has 0 aromatic carbocycles. The third-order valence-electron chi connectivity index (χ3n) is 3.88. The highest BCUT2D eigenvalue weighted by Crippen LogP contribution is 2.12. The van der Waals surface area contributed by atoms with Crippen molar-refractivity contribution in [2.24, 2.45) is 4.99 Å². The van der Waals surface area contributed by atoms with Crippen LogP contribution < -0.4 is 10.6 Å². The van der Waals surface area contributed by atoms with Gasteiger partial charge in [0.05, 0.1) is 18.3 Å². The summed E-state index contributed by atoms with van der Waals surface area (Å²) in [6, 6.07) is 6.02. The molecule has 1 aromatic rings. The van der Waals surface area contributed by atoms with Crippen LogP contribution >= 0.6 is 0 Å². The molecule has 1 aliphatic rings. The maximum absolute atomic E-state index is 12.0. The fraction of sp³-hybridized carbons (Fsp3) is 0.632.